The predicted octanol–water partition coefficient (Wildman–Crippen LogP) is 3.35. The minimum Gasteiger partial charge on any atom is -0.377 e. The van der Waals surface area contributed by atoms with Crippen molar-refractivity contribution in [2.75, 3.05) is 34.8 Å². The van der Waals surface area contributed by atoms with Gasteiger partial charge in [-0.3, -0.25) is 19.8 Å². The summed E-state index contributed by atoms with van der Waals surface area (Å²) in [5, 5.41) is 11.3. The van der Waals surface area contributed by atoms with Gasteiger partial charge in [0.1, 0.15) is 11.4 Å². The third-order valence-electron chi connectivity index (χ3n) is 6.36. The molecule has 188 valence electrons. The monoisotopic (exact) mass is 489 g/mol. The van der Waals surface area contributed by atoms with Gasteiger partial charge in [-0.25, -0.2) is 0 Å². The standard InChI is InChI=1S/C27H31N5O4/c1-2-36-17-18-6-5-7-19(16-18)30-25-22(24(28)26(29)34)13-15-32(27(25)35)21-11-9-20(10-12-21)31-14-4-3-8-23(31)33/h5-7,9-12,16,28,30H,2-4,8,13-15,17H2,1H3,(H2,29,34). The first kappa shape index (κ1) is 25.1. The van der Waals surface area contributed by atoms with E-state index in [0.29, 0.717) is 50.5 Å². The molecular weight excluding hydrogens is 458 g/mol. The lowest BCUT2D eigenvalue weighted by atomic mass is 9.98. The summed E-state index contributed by atoms with van der Waals surface area (Å²) >= 11 is 0. The second kappa shape index (κ2) is 11.2. The Kier molecular flexibility index (Phi) is 7.80. The van der Waals surface area contributed by atoms with Crippen molar-refractivity contribution in [3.8, 4) is 0 Å². The van der Waals surface area contributed by atoms with Crippen molar-refractivity contribution in [2.24, 2.45) is 5.73 Å². The maximum Gasteiger partial charge on any atom is 0.275 e. The molecule has 2 aromatic carbocycles. The van der Waals surface area contributed by atoms with Crippen molar-refractivity contribution in [1.82, 2.24) is 0 Å². The number of rotatable bonds is 9. The molecule has 1 fully saturated rings. The number of amides is 3. The molecule has 0 saturated carbocycles. The number of hydrogen-bond acceptors (Lipinski definition) is 6. The van der Waals surface area contributed by atoms with E-state index in [0.717, 1.165) is 24.1 Å². The molecule has 0 bridgehead atoms. The summed E-state index contributed by atoms with van der Waals surface area (Å²) < 4.78 is 5.48. The average molecular weight is 490 g/mol. The van der Waals surface area contributed by atoms with E-state index in [-0.39, 0.29) is 28.8 Å². The molecule has 2 aromatic rings. The molecule has 0 radical (unpaired) electrons. The first-order chi connectivity index (χ1) is 17.4. The Morgan fingerprint density at radius 2 is 1.75 bits per heavy atom. The fourth-order valence-corrected chi connectivity index (χ4v) is 4.48. The van der Waals surface area contributed by atoms with Gasteiger partial charge in [0.15, 0.2) is 0 Å². The van der Waals surface area contributed by atoms with E-state index >= 15 is 0 Å². The number of nitrogens with zero attached hydrogens (tertiary/aromatic N) is 2. The number of carbonyl (C=O) groups excluding carboxylic acids is 3. The topological polar surface area (TPSA) is 129 Å². The SMILES string of the molecule is CCOCc1cccc(NC2=C(C(=N)C(N)=O)CCN(c3ccc(N4CCCCC4=O)cc3)C2=O)c1. The second-order valence-corrected chi connectivity index (χ2v) is 8.78. The number of carbonyl (C=O) groups is 3. The van der Waals surface area contributed by atoms with Gasteiger partial charge in [-0.05, 0) is 68.1 Å². The number of nitrogens with two attached hydrogens (primary N) is 1. The van der Waals surface area contributed by atoms with Crippen LogP contribution in [0.1, 0.15) is 38.2 Å². The van der Waals surface area contributed by atoms with Crippen LogP contribution in [0, 0.1) is 5.41 Å². The highest BCUT2D eigenvalue weighted by atomic mass is 16.5. The zero-order chi connectivity index (χ0) is 25.7. The third kappa shape index (κ3) is 5.46. The first-order valence-electron chi connectivity index (χ1n) is 12.2. The summed E-state index contributed by atoms with van der Waals surface area (Å²) in [4.78, 5) is 41.1. The maximum absolute atomic E-state index is 13.6. The molecular formula is C27H31N5O4. The van der Waals surface area contributed by atoms with E-state index in [9.17, 15) is 14.4 Å². The number of nitrogens with one attached hydrogen (secondary N) is 2. The highest BCUT2D eigenvalue weighted by Gasteiger charge is 2.32. The molecule has 0 aliphatic carbocycles. The predicted molar refractivity (Wildman–Crippen MR) is 139 cm³/mol. The van der Waals surface area contributed by atoms with Crippen molar-refractivity contribution in [2.45, 2.75) is 39.2 Å². The molecule has 9 heteroatoms. The van der Waals surface area contributed by atoms with E-state index in [1.807, 2.05) is 55.5 Å². The zero-order valence-electron chi connectivity index (χ0n) is 20.4. The molecule has 36 heavy (non-hydrogen) atoms. The van der Waals surface area contributed by atoms with Crippen LogP contribution in [0.2, 0.25) is 0 Å². The molecule has 2 aliphatic rings. The normalized spacial score (nSPS) is 16.4. The highest BCUT2D eigenvalue weighted by molar-refractivity contribution is 6.44. The van der Waals surface area contributed by atoms with Crippen molar-refractivity contribution < 1.29 is 19.1 Å². The molecule has 4 rings (SSSR count). The minimum atomic E-state index is -0.883. The molecule has 9 nitrogen and oxygen atoms in total. The van der Waals surface area contributed by atoms with E-state index in [1.54, 1.807) is 9.80 Å². The van der Waals surface area contributed by atoms with Crippen LogP contribution in [-0.2, 0) is 25.7 Å². The molecule has 2 aliphatic heterocycles. The largest absolute Gasteiger partial charge is 0.377 e. The summed E-state index contributed by atoms with van der Waals surface area (Å²) in [5.74, 6) is -1.14. The van der Waals surface area contributed by atoms with Gasteiger partial charge < -0.3 is 25.6 Å². The summed E-state index contributed by atoms with van der Waals surface area (Å²) in [6.07, 6.45) is 2.72. The van der Waals surface area contributed by atoms with E-state index in [4.69, 9.17) is 15.9 Å². The summed E-state index contributed by atoms with van der Waals surface area (Å²) in [6.45, 7) is 3.92. The lowest BCUT2D eigenvalue weighted by molar-refractivity contribution is -0.119. The fraction of sp³-hybridized carbons (Fsp3) is 0.333. The summed E-state index contributed by atoms with van der Waals surface area (Å²) in [6, 6.07) is 14.8. The Hall–Kier alpha value is -3.98. The molecule has 0 aromatic heterocycles. The molecule has 1 saturated heterocycles. The van der Waals surface area contributed by atoms with Gasteiger partial charge in [0.25, 0.3) is 11.8 Å². The molecule has 0 unspecified atom stereocenters. The lowest BCUT2D eigenvalue weighted by Gasteiger charge is -2.32. The van der Waals surface area contributed by atoms with Gasteiger partial charge in [-0.1, -0.05) is 12.1 Å². The van der Waals surface area contributed by atoms with Crippen LogP contribution in [0.4, 0.5) is 17.1 Å². The lowest BCUT2D eigenvalue weighted by Crippen LogP contribution is -2.42. The van der Waals surface area contributed by atoms with Crippen molar-refractivity contribution in [3.63, 3.8) is 0 Å². The Balaban J connectivity index is 1.61. The Labute approximate surface area is 210 Å². The molecule has 2 heterocycles. The highest BCUT2D eigenvalue weighted by Crippen LogP contribution is 2.30. The van der Waals surface area contributed by atoms with Gasteiger partial charge in [-0.15, -0.1) is 0 Å². The third-order valence-corrected chi connectivity index (χ3v) is 6.36. The van der Waals surface area contributed by atoms with Crippen LogP contribution in [0.25, 0.3) is 0 Å². The number of piperidine rings is 1. The molecule has 3 amide bonds. The Morgan fingerprint density at radius 3 is 2.42 bits per heavy atom. The van der Waals surface area contributed by atoms with Crippen LogP contribution in [0.5, 0.6) is 0 Å². The molecule has 0 spiro atoms. The van der Waals surface area contributed by atoms with Gasteiger partial charge in [0, 0.05) is 48.8 Å². The number of hydrogen-bond donors (Lipinski definition) is 3. The average Bonchev–Trinajstić information content (AvgIpc) is 2.89. The second-order valence-electron chi connectivity index (χ2n) is 8.78. The van der Waals surface area contributed by atoms with Gasteiger partial charge in [0.2, 0.25) is 5.91 Å². The first-order valence-corrected chi connectivity index (χ1v) is 12.2. The van der Waals surface area contributed by atoms with Crippen LogP contribution >= 0.6 is 0 Å². The van der Waals surface area contributed by atoms with E-state index in [2.05, 4.69) is 5.32 Å². The number of primary amides is 1. The van der Waals surface area contributed by atoms with Crippen molar-refractivity contribution in [1.29, 1.82) is 5.41 Å². The van der Waals surface area contributed by atoms with Crippen LogP contribution in [-0.4, -0.2) is 43.1 Å². The Bertz CT molecular complexity index is 1200. The quantitative estimate of drug-likeness (QED) is 0.465. The van der Waals surface area contributed by atoms with Crippen LogP contribution in [0.3, 0.4) is 0 Å². The van der Waals surface area contributed by atoms with E-state index in [1.165, 1.54) is 0 Å². The Morgan fingerprint density at radius 1 is 1.03 bits per heavy atom. The van der Waals surface area contributed by atoms with Crippen molar-refractivity contribution in [3.05, 3.63) is 65.4 Å². The minimum absolute atomic E-state index is 0.110. The fourth-order valence-electron chi connectivity index (χ4n) is 4.48. The van der Waals surface area contributed by atoms with Gasteiger partial charge >= 0.3 is 0 Å². The number of ether oxygens (including phenoxy) is 1. The van der Waals surface area contributed by atoms with Crippen LogP contribution < -0.4 is 20.9 Å². The van der Waals surface area contributed by atoms with Crippen LogP contribution in [0.15, 0.2) is 59.8 Å². The van der Waals surface area contributed by atoms with Gasteiger partial charge in [-0.2, -0.15) is 0 Å². The maximum atomic E-state index is 13.6. The van der Waals surface area contributed by atoms with Crippen molar-refractivity contribution >= 4 is 40.5 Å². The zero-order valence-corrected chi connectivity index (χ0v) is 20.4. The summed E-state index contributed by atoms with van der Waals surface area (Å²) in [5.41, 5.74) is 8.50. The van der Waals surface area contributed by atoms with E-state index < -0.39 is 5.91 Å². The molecule has 4 N–H and O–H groups in total. The number of benzene rings is 2. The summed E-state index contributed by atoms with van der Waals surface area (Å²) in [7, 11) is 0. The number of anilines is 3. The van der Waals surface area contributed by atoms with Gasteiger partial charge in [0.05, 0.1) is 6.61 Å². The smallest absolute Gasteiger partial charge is 0.275 e. The molecule has 0 atom stereocenters.